The molecule has 26 heavy (non-hydrogen) atoms. The van der Waals surface area contributed by atoms with Crippen molar-refractivity contribution in [1.29, 1.82) is 5.26 Å². The van der Waals surface area contributed by atoms with Gasteiger partial charge in [0, 0.05) is 36.6 Å². The first-order valence-corrected chi connectivity index (χ1v) is 8.29. The van der Waals surface area contributed by atoms with Crippen LogP contribution in [0.15, 0.2) is 30.5 Å². The number of aromatic nitrogens is 2. The maximum absolute atomic E-state index is 12.5. The predicted molar refractivity (Wildman–Crippen MR) is 96.1 cm³/mol. The van der Waals surface area contributed by atoms with Crippen molar-refractivity contribution < 1.29 is 9.53 Å². The number of carbonyl (C=O) groups excluding carboxylic acids is 1. The first-order chi connectivity index (χ1) is 12.6. The normalized spacial score (nSPS) is 16.0. The van der Waals surface area contributed by atoms with E-state index in [-0.39, 0.29) is 11.9 Å². The summed E-state index contributed by atoms with van der Waals surface area (Å²) >= 11 is 0. The van der Waals surface area contributed by atoms with Crippen LogP contribution in [0.3, 0.4) is 0 Å². The van der Waals surface area contributed by atoms with Crippen LogP contribution >= 0.6 is 0 Å². The van der Waals surface area contributed by atoms with E-state index in [0.717, 1.165) is 12.1 Å². The summed E-state index contributed by atoms with van der Waals surface area (Å²) in [6.45, 7) is 3.10. The van der Waals surface area contributed by atoms with Crippen LogP contribution in [-0.4, -0.2) is 47.0 Å². The number of anilines is 2. The molecule has 134 valence electrons. The lowest BCUT2D eigenvalue weighted by molar-refractivity contribution is 0.0938. The van der Waals surface area contributed by atoms with Gasteiger partial charge in [0.1, 0.15) is 5.75 Å². The van der Waals surface area contributed by atoms with Gasteiger partial charge < -0.3 is 20.3 Å². The third kappa shape index (κ3) is 4.00. The van der Waals surface area contributed by atoms with Crippen LogP contribution in [0.4, 0.5) is 11.6 Å². The average molecular weight is 352 g/mol. The van der Waals surface area contributed by atoms with Crippen LogP contribution in [0.1, 0.15) is 22.5 Å². The van der Waals surface area contributed by atoms with Crippen LogP contribution < -0.4 is 15.4 Å². The Balaban J connectivity index is 1.72. The zero-order chi connectivity index (χ0) is 18.5. The van der Waals surface area contributed by atoms with Crippen LogP contribution in [0.25, 0.3) is 0 Å². The van der Waals surface area contributed by atoms with Crippen molar-refractivity contribution >= 4 is 17.5 Å². The quantitative estimate of drug-likeness (QED) is 0.791. The lowest BCUT2D eigenvalue weighted by atomic mass is 10.1. The topological polar surface area (TPSA) is 103 Å². The van der Waals surface area contributed by atoms with Crippen molar-refractivity contribution in [3.63, 3.8) is 0 Å². The molecule has 1 saturated heterocycles. The predicted octanol–water partition coefficient (Wildman–Crippen LogP) is 1.82. The Kier molecular flexibility index (Phi) is 5.17. The summed E-state index contributed by atoms with van der Waals surface area (Å²) in [5.74, 6) is 0.794. The first kappa shape index (κ1) is 17.5. The summed E-state index contributed by atoms with van der Waals surface area (Å²) in [7, 11) is 1.54. The molecule has 0 spiro atoms. The number of hydrogen-bond donors (Lipinski definition) is 2. The molecule has 8 nitrogen and oxygen atoms in total. The van der Waals surface area contributed by atoms with Crippen LogP contribution in [0.5, 0.6) is 5.75 Å². The molecule has 1 atom stereocenters. The van der Waals surface area contributed by atoms with Crippen molar-refractivity contribution in [2.24, 2.45) is 0 Å². The minimum Gasteiger partial charge on any atom is -0.495 e. The number of nitrogens with zero attached hydrogens (tertiary/aromatic N) is 4. The standard InChI is InChI=1S/C18H20N6O2/c1-12-5-7-20-18(21-12)23-15-4-3-13(9-16(15)26-2)17(25)22-14-6-8-24(10-14)11-19/h3-5,7,9,14H,6,8,10H2,1-2H3,(H,22,25)(H,20,21,23). The number of hydrogen-bond acceptors (Lipinski definition) is 7. The second-order valence-electron chi connectivity index (χ2n) is 6.07. The SMILES string of the molecule is COc1cc(C(=O)NC2CCN(C#N)C2)ccc1Nc1nccc(C)n1. The molecule has 0 radical (unpaired) electrons. The summed E-state index contributed by atoms with van der Waals surface area (Å²) in [6.07, 6.45) is 4.54. The van der Waals surface area contributed by atoms with Crippen LogP contribution in [0.2, 0.25) is 0 Å². The second-order valence-corrected chi connectivity index (χ2v) is 6.07. The second kappa shape index (κ2) is 7.70. The highest BCUT2D eigenvalue weighted by Gasteiger charge is 2.23. The van der Waals surface area contributed by atoms with E-state index < -0.39 is 0 Å². The third-order valence-corrected chi connectivity index (χ3v) is 4.17. The van der Waals surface area contributed by atoms with Gasteiger partial charge in [-0.15, -0.1) is 0 Å². The third-order valence-electron chi connectivity index (χ3n) is 4.17. The minimum absolute atomic E-state index is 0.0216. The van der Waals surface area contributed by atoms with E-state index in [1.54, 1.807) is 36.4 Å². The average Bonchev–Trinajstić information content (AvgIpc) is 3.09. The fourth-order valence-corrected chi connectivity index (χ4v) is 2.80. The molecule has 1 aliphatic rings. The Labute approximate surface area is 151 Å². The Hall–Kier alpha value is -3.34. The largest absolute Gasteiger partial charge is 0.495 e. The van der Waals surface area contributed by atoms with E-state index in [2.05, 4.69) is 26.8 Å². The van der Waals surface area contributed by atoms with Gasteiger partial charge in [0.05, 0.1) is 12.8 Å². The molecule has 3 rings (SSSR count). The summed E-state index contributed by atoms with van der Waals surface area (Å²) in [4.78, 5) is 22.6. The van der Waals surface area contributed by atoms with Gasteiger partial charge in [-0.2, -0.15) is 5.26 Å². The zero-order valence-corrected chi connectivity index (χ0v) is 14.7. The zero-order valence-electron chi connectivity index (χ0n) is 14.7. The number of nitrogens with one attached hydrogen (secondary N) is 2. The summed E-state index contributed by atoms with van der Waals surface area (Å²) in [6, 6.07) is 6.94. The van der Waals surface area contributed by atoms with Gasteiger partial charge in [-0.3, -0.25) is 4.79 Å². The molecule has 1 amide bonds. The Morgan fingerprint density at radius 3 is 2.96 bits per heavy atom. The molecule has 1 unspecified atom stereocenters. The van der Waals surface area contributed by atoms with Crippen LogP contribution in [-0.2, 0) is 0 Å². The lowest BCUT2D eigenvalue weighted by Gasteiger charge is -2.14. The number of nitriles is 1. The Bertz CT molecular complexity index is 848. The van der Waals surface area contributed by atoms with E-state index in [1.165, 1.54) is 0 Å². The van der Waals surface area contributed by atoms with E-state index in [4.69, 9.17) is 10.00 Å². The van der Waals surface area contributed by atoms with Crippen molar-refractivity contribution in [3.05, 3.63) is 41.7 Å². The molecule has 8 heteroatoms. The molecule has 0 saturated carbocycles. The number of methoxy groups -OCH3 is 1. The highest BCUT2D eigenvalue weighted by Crippen LogP contribution is 2.27. The maximum Gasteiger partial charge on any atom is 0.251 e. The van der Waals surface area contributed by atoms with Gasteiger partial charge in [0.15, 0.2) is 6.19 Å². The smallest absolute Gasteiger partial charge is 0.251 e. The number of amides is 1. The Morgan fingerprint density at radius 1 is 1.42 bits per heavy atom. The Morgan fingerprint density at radius 2 is 2.27 bits per heavy atom. The fraction of sp³-hybridized carbons (Fsp3) is 0.333. The molecule has 0 bridgehead atoms. The number of carbonyl (C=O) groups is 1. The molecule has 0 aliphatic carbocycles. The number of ether oxygens (including phenoxy) is 1. The van der Waals surface area contributed by atoms with Crippen molar-refractivity contribution in [1.82, 2.24) is 20.2 Å². The van der Waals surface area contributed by atoms with Gasteiger partial charge in [0.2, 0.25) is 5.95 Å². The van der Waals surface area contributed by atoms with Crippen molar-refractivity contribution in [2.75, 3.05) is 25.5 Å². The highest BCUT2D eigenvalue weighted by molar-refractivity contribution is 5.95. The monoisotopic (exact) mass is 352 g/mol. The summed E-state index contributed by atoms with van der Waals surface area (Å²) < 4.78 is 5.39. The molecule has 1 aromatic heterocycles. The van der Waals surface area contributed by atoms with Gasteiger partial charge in [0.25, 0.3) is 5.91 Å². The van der Waals surface area contributed by atoms with Gasteiger partial charge in [-0.05, 0) is 37.6 Å². The molecule has 2 heterocycles. The minimum atomic E-state index is -0.188. The van der Waals surface area contributed by atoms with Gasteiger partial charge >= 0.3 is 0 Å². The van der Waals surface area contributed by atoms with E-state index >= 15 is 0 Å². The fourth-order valence-electron chi connectivity index (χ4n) is 2.80. The molecule has 2 N–H and O–H groups in total. The first-order valence-electron chi connectivity index (χ1n) is 8.29. The highest BCUT2D eigenvalue weighted by atomic mass is 16.5. The molecule has 1 fully saturated rings. The molecular weight excluding hydrogens is 332 g/mol. The van der Waals surface area contributed by atoms with Crippen molar-refractivity contribution in [2.45, 2.75) is 19.4 Å². The maximum atomic E-state index is 12.5. The van der Waals surface area contributed by atoms with E-state index in [0.29, 0.717) is 36.0 Å². The number of likely N-dealkylation sites (tertiary alicyclic amines) is 1. The molecule has 1 aliphatic heterocycles. The lowest BCUT2D eigenvalue weighted by Crippen LogP contribution is -2.36. The molecule has 1 aromatic carbocycles. The van der Waals surface area contributed by atoms with Gasteiger partial charge in [-0.1, -0.05) is 0 Å². The summed E-state index contributed by atoms with van der Waals surface area (Å²) in [5.41, 5.74) is 2.01. The molecule has 2 aromatic rings. The van der Waals surface area contributed by atoms with Gasteiger partial charge in [-0.25, -0.2) is 9.97 Å². The van der Waals surface area contributed by atoms with E-state index in [9.17, 15) is 4.79 Å². The molecular formula is C18H20N6O2. The number of rotatable bonds is 5. The van der Waals surface area contributed by atoms with E-state index in [1.807, 2.05) is 13.0 Å². The summed E-state index contributed by atoms with van der Waals surface area (Å²) in [5, 5.41) is 15.0. The number of benzene rings is 1. The van der Waals surface area contributed by atoms with Crippen LogP contribution in [0, 0.1) is 18.4 Å². The number of aryl methyl sites for hydroxylation is 1. The van der Waals surface area contributed by atoms with Crippen molar-refractivity contribution in [3.8, 4) is 11.9 Å².